The van der Waals surface area contributed by atoms with Crippen LogP contribution < -0.4 is 0 Å². The zero-order valence-corrected chi connectivity index (χ0v) is 23.7. The van der Waals surface area contributed by atoms with Crippen LogP contribution in [-0.4, -0.2) is 82.4 Å². The van der Waals surface area contributed by atoms with Gasteiger partial charge in [0.2, 0.25) is 17.6 Å². The van der Waals surface area contributed by atoms with Crippen molar-refractivity contribution in [1.29, 1.82) is 0 Å². The third kappa shape index (κ3) is 4.88. The summed E-state index contributed by atoms with van der Waals surface area (Å²) >= 11 is 0. The average molecular weight is 534 g/mol. The van der Waals surface area contributed by atoms with E-state index in [4.69, 9.17) is 14.2 Å². The summed E-state index contributed by atoms with van der Waals surface area (Å²) in [5.74, 6) is 1.22. The number of amides is 1. The zero-order valence-electron chi connectivity index (χ0n) is 23.7. The molecule has 5 rings (SSSR count). The Morgan fingerprint density at radius 1 is 1.21 bits per heavy atom. The van der Waals surface area contributed by atoms with Gasteiger partial charge < -0.3 is 24.2 Å². The summed E-state index contributed by atoms with van der Waals surface area (Å²) in [6, 6.07) is 10.2. The van der Waals surface area contributed by atoms with E-state index < -0.39 is 11.0 Å². The van der Waals surface area contributed by atoms with Crippen molar-refractivity contribution in [2.24, 2.45) is 5.41 Å². The highest BCUT2D eigenvalue weighted by Gasteiger charge is 2.55. The molecular weight excluding hydrogens is 494 g/mol. The van der Waals surface area contributed by atoms with Crippen LogP contribution in [0.25, 0.3) is 11.4 Å². The van der Waals surface area contributed by atoms with Gasteiger partial charge in [-0.25, -0.2) is 0 Å². The number of nitrogens with zero attached hydrogens (tertiary/aromatic N) is 5. The van der Waals surface area contributed by atoms with Crippen LogP contribution in [0.5, 0.6) is 0 Å². The molecule has 2 aliphatic rings. The van der Waals surface area contributed by atoms with Crippen molar-refractivity contribution in [3.05, 3.63) is 65.3 Å². The maximum Gasteiger partial charge on any atom is 0.232 e. The Morgan fingerprint density at radius 3 is 2.54 bits per heavy atom. The monoisotopic (exact) mass is 533 g/mol. The van der Waals surface area contributed by atoms with Crippen LogP contribution in [0.4, 0.5) is 0 Å². The van der Waals surface area contributed by atoms with E-state index >= 15 is 0 Å². The molecule has 1 aromatic carbocycles. The van der Waals surface area contributed by atoms with Crippen LogP contribution in [0.3, 0.4) is 0 Å². The second-order valence-corrected chi connectivity index (χ2v) is 11.8. The van der Waals surface area contributed by atoms with Gasteiger partial charge in [-0.3, -0.25) is 9.78 Å². The number of ether oxygens (including phenoxy) is 1. The van der Waals surface area contributed by atoms with Crippen molar-refractivity contribution in [1.82, 2.24) is 24.9 Å². The quantitative estimate of drug-likeness (QED) is 0.489. The van der Waals surface area contributed by atoms with Crippen molar-refractivity contribution >= 4 is 5.91 Å². The molecule has 3 unspecified atom stereocenters. The van der Waals surface area contributed by atoms with Gasteiger partial charge in [-0.05, 0) is 36.6 Å². The van der Waals surface area contributed by atoms with E-state index in [0.717, 1.165) is 18.7 Å². The highest BCUT2D eigenvalue weighted by molar-refractivity contribution is 5.73. The van der Waals surface area contributed by atoms with Gasteiger partial charge in [-0.1, -0.05) is 50.2 Å². The third-order valence-electron chi connectivity index (χ3n) is 8.59. The molecule has 2 saturated heterocycles. The fourth-order valence-electron chi connectivity index (χ4n) is 6.33. The van der Waals surface area contributed by atoms with Crippen LogP contribution in [0, 0.1) is 5.41 Å². The minimum Gasteiger partial charge on any atom is -0.380 e. The molecule has 0 saturated carbocycles. The van der Waals surface area contributed by atoms with Gasteiger partial charge in [-0.15, -0.1) is 0 Å². The average Bonchev–Trinajstić information content (AvgIpc) is 3.41. The summed E-state index contributed by atoms with van der Waals surface area (Å²) in [4.78, 5) is 25.1. The first-order chi connectivity index (χ1) is 18.6. The van der Waals surface area contributed by atoms with Gasteiger partial charge in [0.05, 0.1) is 12.0 Å². The predicted molar refractivity (Wildman–Crippen MR) is 147 cm³/mol. The summed E-state index contributed by atoms with van der Waals surface area (Å²) in [5.41, 5.74) is 1.78. The van der Waals surface area contributed by atoms with Gasteiger partial charge in [-0.2, -0.15) is 4.98 Å². The number of benzene rings is 1. The van der Waals surface area contributed by atoms with E-state index in [1.165, 1.54) is 5.56 Å². The number of hydrogen-bond donors (Lipinski definition) is 1. The lowest BCUT2D eigenvalue weighted by Crippen LogP contribution is -2.63. The Balaban J connectivity index is 1.48. The SMILES string of the molecule is COC1CN(C(C)=O)CCC1c1nc(-c2cncc(C(O)(c3ccc(C(C)C)cc3)C3(C)CN(C)C3)c2)no1. The maximum absolute atomic E-state index is 12.5. The van der Waals surface area contributed by atoms with Crippen molar-refractivity contribution in [3.8, 4) is 11.4 Å². The molecule has 0 aliphatic carbocycles. The lowest BCUT2D eigenvalue weighted by molar-refractivity contribution is -0.133. The molecule has 2 fully saturated rings. The summed E-state index contributed by atoms with van der Waals surface area (Å²) in [6.45, 7) is 10.6. The van der Waals surface area contributed by atoms with Crippen molar-refractivity contribution < 1.29 is 19.2 Å². The molecule has 2 aliphatic heterocycles. The minimum absolute atomic E-state index is 0.0299. The van der Waals surface area contributed by atoms with Gasteiger partial charge in [0.1, 0.15) is 5.60 Å². The van der Waals surface area contributed by atoms with E-state index in [9.17, 15) is 9.90 Å². The fraction of sp³-hybridized carbons (Fsp3) is 0.533. The van der Waals surface area contributed by atoms with E-state index in [-0.39, 0.29) is 17.9 Å². The first-order valence-electron chi connectivity index (χ1n) is 13.6. The fourth-order valence-corrected chi connectivity index (χ4v) is 6.33. The largest absolute Gasteiger partial charge is 0.380 e. The van der Waals surface area contributed by atoms with Crippen LogP contribution in [0.15, 0.2) is 47.2 Å². The molecule has 1 amide bonds. The zero-order chi connectivity index (χ0) is 27.9. The molecule has 3 aromatic rings. The number of pyridine rings is 1. The van der Waals surface area contributed by atoms with Gasteiger partial charge in [0.25, 0.3) is 0 Å². The number of piperidine rings is 1. The number of hydrogen-bond acceptors (Lipinski definition) is 8. The third-order valence-corrected chi connectivity index (χ3v) is 8.59. The normalized spacial score (nSPS) is 22.9. The predicted octanol–water partition coefficient (Wildman–Crippen LogP) is 3.79. The van der Waals surface area contributed by atoms with Crippen LogP contribution in [0.2, 0.25) is 0 Å². The van der Waals surface area contributed by atoms with E-state index in [0.29, 0.717) is 48.3 Å². The lowest BCUT2D eigenvalue weighted by Gasteiger charge is -2.55. The first-order valence-corrected chi connectivity index (χ1v) is 13.6. The molecule has 0 bridgehead atoms. The number of methoxy groups -OCH3 is 1. The van der Waals surface area contributed by atoms with Crippen molar-refractivity contribution in [2.75, 3.05) is 40.3 Å². The van der Waals surface area contributed by atoms with Crippen LogP contribution in [0.1, 0.15) is 68.5 Å². The topological polar surface area (TPSA) is 105 Å². The molecule has 2 aromatic heterocycles. The maximum atomic E-state index is 12.5. The molecule has 9 heteroatoms. The molecule has 4 heterocycles. The summed E-state index contributed by atoms with van der Waals surface area (Å²) in [6.07, 6.45) is 3.88. The Kier molecular flexibility index (Phi) is 7.35. The van der Waals surface area contributed by atoms with Crippen molar-refractivity contribution in [3.63, 3.8) is 0 Å². The number of carbonyl (C=O) groups is 1. The first kappa shape index (κ1) is 27.4. The van der Waals surface area contributed by atoms with E-state index in [2.05, 4.69) is 55.0 Å². The number of aliphatic hydroxyl groups is 1. The Labute approximate surface area is 230 Å². The smallest absolute Gasteiger partial charge is 0.232 e. The molecule has 3 atom stereocenters. The highest BCUT2D eigenvalue weighted by Crippen LogP contribution is 2.50. The molecule has 1 N–H and O–H groups in total. The summed E-state index contributed by atoms with van der Waals surface area (Å²) < 4.78 is 11.4. The number of rotatable bonds is 7. The molecule has 208 valence electrons. The summed E-state index contributed by atoms with van der Waals surface area (Å²) in [5, 5.41) is 16.8. The van der Waals surface area contributed by atoms with Crippen LogP contribution in [-0.2, 0) is 15.1 Å². The standard InChI is InChI=1S/C30H39N5O4/c1-19(2)21-7-9-23(10-8-21)30(37,29(4)17-34(5)18-29)24-13-22(14-31-15-24)27-32-28(39-33-27)25-11-12-35(20(3)36)16-26(25)38-6/h7-10,13-15,19,25-26,37H,11-12,16-18H2,1-6H3. The molecule has 0 spiro atoms. The molecule has 39 heavy (non-hydrogen) atoms. The molecule has 9 nitrogen and oxygen atoms in total. The minimum atomic E-state index is -1.26. The van der Waals surface area contributed by atoms with Gasteiger partial charge in [0.15, 0.2) is 0 Å². The second-order valence-electron chi connectivity index (χ2n) is 11.8. The molecular formula is C30H39N5O4. The Bertz CT molecular complexity index is 1320. The Hall–Kier alpha value is -3.14. The lowest BCUT2D eigenvalue weighted by atomic mass is 9.62. The van der Waals surface area contributed by atoms with Gasteiger partial charge >= 0.3 is 0 Å². The second kappa shape index (κ2) is 10.4. The Morgan fingerprint density at radius 2 is 1.92 bits per heavy atom. The van der Waals surface area contributed by atoms with Crippen molar-refractivity contribution in [2.45, 2.75) is 57.7 Å². The molecule has 0 radical (unpaired) electrons. The van der Waals surface area contributed by atoms with E-state index in [1.807, 2.05) is 18.2 Å². The van der Waals surface area contributed by atoms with E-state index in [1.54, 1.807) is 31.3 Å². The number of aromatic nitrogens is 3. The number of likely N-dealkylation sites (tertiary alicyclic amines) is 2. The summed E-state index contributed by atoms with van der Waals surface area (Å²) in [7, 11) is 3.70. The van der Waals surface area contributed by atoms with Crippen LogP contribution >= 0.6 is 0 Å². The highest BCUT2D eigenvalue weighted by atomic mass is 16.5. The number of carbonyl (C=O) groups excluding carboxylic acids is 1. The van der Waals surface area contributed by atoms with Gasteiger partial charge in [0, 0.05) is 69.1 Å².